The fraction of sp³-hybridized carbons (Fsp3) is 0.167. The third-order valence-corrected chi connectivity index (χ3v) is 4.34. The van der Waals surface area contributed by atoms with Crippen LogP contribution in [0, 0.1) is 0 Å². The van der Waals surface area contributed by atoms with Gasteiger partial charge in [-0.1, -0.05) is 42.5 Å². The number of rotatable bonds is 5. The number of thiazole rings is 1. The Kier molecular flexibility index (Phi) is 4.31. The quantitative estimate of drug-likeness (QED) is 0.700. The zero-order chi connectivity index (χ0) is 14.5. The molecule has 0 saturated carbocycles. The third kappa shape index (κ3) is 3.70. The second kappa shape index (κ2) is 6.55. The van der Waals surface area contributed by atoms with E-state index in [1.165, 1.54) is 10.6 Å². The highest BCUT2D eigenvalue weighted by Crippen LogP contribution is 2.24. The maximum Gasteiger partial charge on any atom is 0.0932 e. The molecule has 0 amide bonds. The van der Waals surface area contributed by atoms with Gasteiger partial charge in [-0.2, -0.15) is 0 Å². The van der Waals surface area contributed by atoms with Crippen LogP contribution in [0.1, 0.15) is 17.0 Å². The molecule has 2 N–H and O–H groups in total. The molecule has 3 aromatic rings. The van der Waals surface area contributed by atoms with E-state index in [1.54, 1.807) is 11.3 Å². The van der Waals surface area contributed by atoms with E-state index in [-0.39, 0.29) is 0 Å². The summed E-state index contributed by atoms with van der Waals surface area (Å²) < 4.78 is 0. The van der Waals surface area contributed by atoms with Crippen molar-refractivity contribution in [3.63, 3.8) is 0 Å². The number of nitrogens with two attached hydrogens (primary N) is 1. The van der Waals surface area contributed by atoms with Gasteiger partial charge >= 0.3 is 0 Å². The smallest absolute Gasteiger partial charge is 0.0932 e. The summed E-state index contributed by atoms with van der Waals surface area (Å²) in [5.41, 5.74) is 10.1. The van der Waals surface area contributed by atoms with Crippen LogP contribution in [-0.4, -0.2) is 4.98 Å². The van der Waals surface area contributed by atoms with Crippen molar-refractivity contribution in [1.82, 2.24) is 4.98 Å². The summed E-state index contributed by atoms with van der Waals surface area (Å²) in [5, 5.41) is 3.32. The largest absolute Gasteiger partial charge is 0.399 e. The number of aryl methyl sites for hydroxylation is 2. The van der Waals surface area contributed by atoms with E-state index >= 15 is 0 Å². The molecule has 0 bridgehead atoms. The lowest BCUT2D eigenvalue weighted by Gasteiger charge is -2.00. The van der Waals surface area contributed by atoms with E-state index in [4.69, 9.17) is 10.7 Å². The minimum atomic E-state index is 0.783. The fourth-order valence-electron chi connectivity index (χ4n) is 2.34. The molecular weight excluding hydrogens is 276 g/mol. The molecule has 0 aliphatic heterocycles. The van der Waals surface area contributed by atoms with Crippen LogP contribution < -0.4 is 5.73 Å². The van der Waals surface area contributed by atoms with Gasteiger partial charge in [0.25, 0.3) is 0 Å². The number of hydrogen-bond donors (Lipinski definition) is 1. The molecule has 0 atom stereocenters. The number of benzene rings is 2. The number of anilines is 1. The van der Waals surface area contributed by atoms with E-state index in [1.807, 2.05) is 18.2 Å². The van der Waals surface area contributed by atoms with Gasteiger partial charge in [0.05, 0.1) is 10.7 Å². The number of hydrogen-bond acceptors (Lipinski definition) is 3. The van der Waals surface area contributed by atoms with Gasteiger partial charge in [-0.3, -0.25) is 0 Å². The lowest BCUT2D eigenvalue weighted by Crippen LogP contribution is -1.90. The number of nitrogens with zero attached hydrogens (tertiary/aromatic N) is 1. The summed E-state index contributed by atoms with van der Waals surface area (Å²) in [4.78, 5) is 4.72. The molecule has 3 heteroatoms. The Balaban J connectivity index is 1.60. The molecule has 0 aliphatic rings. The number of aromatic nitrogens is 1. The molecular formula is C18H18N2S. The summed E-state index contributed by atoms with van der Waals surface area (Å²) in [6.45, 7) is 0. The first kappa shape index (κ1) is 13.8. The SMILES string of the molecule is Nc1cccc(-c2csc(CCCc3ccccc3)n2)c1. The van der Waals surface area contributed by atoms with Crippen molar-refractivity contribution in [2.45, 2.75) is 19.3 Å². The molecule has 0 saturated heterocycles. The van der Waals surface area contributed by atoms with Gasteiger partial charge in [0.15, 0.2) is 0 Å². The predicted octanol–water partition coefficient (Wildman–Crippen LogP) is 4.57. The molecule has 2 nitrogen and oxygen atoms in total. The first-order valence-electron chi connectivity index (χ1n) is 7.15. The Morgan fingerprint density at radius 2 is 1.81 bits per heavy atom. The van der Waals surface area contributed by atoms with E-state index in [0.29, 0.717) is 0 Å². The zero-order valence-corrected chi connectivity index (χ0v) is 12.6. The second-order valence-electron chi connectivity index (χ2n) is 5.09. The summed E-state index contributed by atoms with van der Waals surface area (Å²) in [6.07, 6.45) is 3.27. The van der Waals surface area contributed by atoms with Crippen molar-refractivity contribution in [2.75, 3.05) is 5.73 Å². The monoisotopic (exact) mass is 294 g/mol. The minimum absolute atomic E-state index is 0.783. The van der Waals surface area contributed by atoms with E-state index in [0.717, 1.165) is 36.2 Å². The molecule has 0 fully saturated rings. The second-order valence-corrected chi connectivity index (χ2v) is 6.03. The lowest BCUT2D eigenvalue weighted by molar-refractivity contribution is 0.815. The first-order chi connectivity index (χ1) is 10.3. The predicted molar refractivity (Wildman–Crippen MR) is 90.4 cm³/mol. The van der Waals surface area contributed by atoms with Crippen LogP contribution >= 0.6 is 11.3 Å². The molecule has 21 heavy (non-hydrogen) atoms. The highest BCUT2D eigenvalue weighted by atomic mass is 32.1. The normalized spacial score (nSPS) is 10.7. The van der Waals surface area contributed by atoms with Crippen molar-refractivity contribution in [2.24, 2.45) is 0 Å². The van der Waals surface area contributed by atoms with Crippen LogP contribution in [0.3, 0.4) is 0 Å². The fourth-order valence-corrected chi connectivity index (χ4v) is 3.19. The van der Waals surface area contributed by atoms with Crippen LogP contribution in [0.5, 0.6) is 0 Å². The van der Waals surface area contributed by atoms with Gasteiger partial charge < -0.3 is 5.73 Å². The van der Waals surface area contributed by atoms with Gasteiger partial charge in [0.2, 0.25) is 0 Å². The van der Waals surface area contributed by atoms with Gasteiger partial charge in [-0.05, 0) is 37.0 Å². The summed E-state index contributed by atoms with van der Waals surface area (Å²) >= 11 is 1.73. The highest BCUT2D eigenvalue weighted by Gasteiger charge is 2.05. The summed E-state index contributed by atoms with van der Waals surface area (Å²) in [6, 6.07) is 18.5. The Hall–Kier alpha value is -2.13. The molecule has 0 radical (unpaired) electrons. The van der Waals surface area contributed by atoms with Crippen molar-refractivity contribution in [1.29, 1.82) is 0 Å². The van der Waals surface area contributed by atoms with Crippen LogP contribution in [0.15, 0.2) is 60.0 Å². The van der Waals surface area contributed by atoms with Crippen LogP contribution in [0.25, 0.3) is 11.3 Å². The van der Waals surface area contributed by atoms with E-state index in [2.05, 4.69) is 41.8 Å². The maximum atomic E-state index is 5.82. The zero-order valence-electron chi connectivity index (χ0n) is 11.8. The van der Waals surface area contributed by atoms with Crippen molar-refractivity contribution in [3.8, 4) is 11.3 Å². The Labute approximate surface area is 129 Å². The van der Waals surface area contributed by atoms with Gasteiger partial charge in [-0.25, -0.2) is 4.98 Å². The molecule has 2 aromatic carbocycles. The van der Waals surface area contributed by atoms with Crippen molar-refractivity contribution >= 4 is 17.0 Å². The van der Waals surface area contributed by atoms with Crippen molar-refractivity contribution in [3.05, 3.63) is 70.5 Å². The Morgan fingerprint density at radius 3 is 2.62 bits per heavy atom. The van der Waals surface area contributed by atoms with E-state index < -0.39 is 0 Å². The molecule has 1 heterocycles. The molecule has 3 rings (SSSR count). The van der Waals surface area contributed by atoms with Gasteiger partial charge in [-0.15, -0.1) is 11.3 Å². The molecule has 106 valence electrons. The van der Waals surface area contributed by atoms with Crippen molar-refractivity contribution < 1.29 is 0 Å². The van der Waals surface area contributed by atoms with Crippen LogP contribution in [0.4, 0.5) is 5.69 Å². The topological polar surface area (TPSA) is 38.9 Å². The molecule has 0 spiro atoms. The van der Waals surface area contributed by atoms with Crippen LogP contribution in [0.2, 0.25) is 0 Å². The average molecular weight is 294 g/mol. The Bertz CT molecular complexity index is 704. The molecule has 1 aromatic heterocycles. The standard InChI is InChI=1S/C18H18N2S/c19-16-10-5-9-15(12-16)17-13-21-18(20-17)11-4-8-14-6-2-1-3-7-14/h1-3,5-7,9-10,12-13H,4,8,11,19H2. The number of nitrogen functional groups attached to an aromatic ring is 1. The summed E-state index contributed by atoms with van der Waals surface area (Å²) in [5.74, 6) is 0. The van der Waals surface area contributed by atoms with E-state index in [9.17, 15) is 0 Å². The highest BCUT2D eigenvalue weighted by molar-refractivity contribution is 7.09. The average Bonchev–Trinajstić information content (AvgIpc) is 2.97. The molecule has 0 unspecified atom stereocenters. The Morgan fingerprint density at radius 1 is 0.952 bits per heavy atom. The van der Waals surface area contributed by atoms with Gasteiger partial charge in [0, 0.05) is 16.6 Å². The van der Waals surface area contributed by atoms with Crippen LogP contribution in [-0.2, 0) is 12.8 Å². The maximum absolute atomic E-state index is 5.82. The van der Waals surface area contributed by atoms with Gasteiger partial charge in [0.1, 0.15) is 0 Å². The minimum Gasteiger partial charge on any atom is -0.399 e. The third-order valence-electron chi connectivity index (χ3n) is 3.43. The molecule has 0 aliphatic carbocycles. The summed E-state index contributed by atoms with van der Waals surface area (Å²) in [7, 11) is 0. The first-order valence-corrected chi connectivity index (χ1v) is 8.03. The lowest BCUT2D eigenvalue weighted by atomic mass is 10.1.